The van der Waals surface area contributed by atoms with Crippen molar-refractivity contribution in [1.82, 2.24) is 15.5 Å². The molecule has 0 bridgehead atoms. The number of carbonyl (C=O) groups is 1. The van der Waals surface area contributed by atoms with Gasteiger partial charge in [0.15, 0.2) is 0 Å². The molecule has 16 heavy (non-hydrogen) atoms. The topological polar surface area (TPSA) is 44.4 Å². The maximum atomic E-state index is 11.4. The summed E-state index contributed by atoms with van der Waals surface area (Å²) in [6.07, 6.45) is 1.18. The zero-order valence-electron chi connectivity index (χ0n) is 11.2. The van der Waals surface area contributed by atoms with E-state index in [1.54, 1.807) is 0 Å². The van der Waals surface area contributed by atoms with Gasteiger partial charge in [-0.15, -0.1) is 0 Å². The van der Waals surface area contributed by atoms with Crippen LogP contribution in [0.25, 0.3) is 0 Å². The second kappa shape index (κ2) is 9.60. The van der Waals surface area contributed by atoms with Gasteiger partial charge in [0.2, 0.25) is 5.91 Å². The summed E-state index contributed by atoms with van der Waals surface area (Å²) in [7, 11) is 0. The molecule has 0 aliphatic heterocycles. The van der Waals surface area contributed by atoms with E-state index in [-0.39, 0.29) is 11.9 Å². The minimum atomic E-state index is -0.0970. The molecule has 0 aliphatic carbocycles. The first-order valence-electron chi connectivity index (χ1n) is 6.39. The maximum absolute atomic E-state index is 11.4. The largest absolute Gasteiger partial charge is 0.355 e. The third kappa shape index (κ3) is 6.80. The lowest BCUT2D eigenvalue weighted by Crippen LogP contribution is -2.44. The highest BCUT2D eigenvalue weighted by molar-refractivity contribution is 5.81. The zero-order chi connectivity index (χ0) is 12.4. The van der Waals surface area contributed by atoms with Crippen LogP contribution in [0, 0.1) is 0 Å². The summed E-state index contributed by atoms with van der Waals surface area (Å²) in [6.45, 7) is 13.0. The molecule has 0 aromatic carbocycles. The van der Waals surface area contributed by atoms with Gasteiger partial charge in [-0.2, -0.15) is 0 Å². The molecule has 2 N–H and O–H groups in total. The predicted octanol–water partition coefficient (Wildman–Crippen LogP) is 0.833. The molecule has 96 valence electrons. The van der Waals surface area contributed by atoms with Gasteiger partial charge in [-0.3, -0.25) is 4.79 Å². The Balaban J connectivity index is 3.66. The number of nitrogens with one attached hydrogen (secondary N) is 2. The molecular weight excluding hydrogens is 202 g/mol. The van der Waals surface area contributed by atoms with E-state index >= 15 is 0 Å². The van der Waals surface area contributed by atoms with Crippen molar-refractivity contribution in [2.75, 3.05) is 32.7 Å². The first kappa shape index (κ1) is 15.4. The van der Waals surface area contributed by atoms with E-state index in [2.05, 4.69) is 29.4 Å². The summed E-state index contributed by atoms with van der Waals surface area (Å²) in [5.41, 5.74) is 0. The first-order valence-corrected chi connectivity index (χ1v) is 6.39. The second-order valence-electron chi connectivity index (χ2n) is 4.00. The zero-order valence-corrected chi connectivity index (χ0v) is 11.2. The molecule has 0 spiro atoms. The molecule has 0 aromatic heterocycles. The van der Waals surface area contributed by atoms with Crippen molar-refractivity contribution in [2.45, 2.75) is 40.2 Å². The van der Waals surface area contributed by atoms with Crippen molar-refractivity contribution < 1.29 is 4.79 Å². The molecular formula is C12H27N3O. The van der Waals surface area contributed by atoms with E-state index in [4.69, 9.17) is 0 Å². The highest BCUT2D eigenvalue weighted by Gasteiger charge is 2.10. The van der Waals surface area contributed by atoms with Crippen LogP contribution in [-0.4, -0.2) is 49.6 Å². The smallest absolute Gasteiger partial charge is 0.236 e. The lowest BCUT2D eigenvalue weighted by atomic mass is 10.3. The quantitative estimate of drug-likeness (QED) is 0.615. The number of likely N-dealkylation sites (N-methyl/N-ethyl adjacent to an activating group) is 2. The highest BCUT2D eigenvalue weighted by atomic mass is 16.2. The fraction of sp³-hybridized carbons (Fsp3) is 0.917. The average molecular weight is 229 g/mol. The fourth-order valence-corrected chi connectivity index (χ4v) is 1.60. The van der Waals surface area contributed by atoms with E-state index in [1.807, 2.05) is 13.8 Å². The molecule has 1 atom stereocenters. The van der Waals surface area contributed by atoms with E-state index in [0.29, 0.717) is 6.54 Å². The van der Waals surface area contributed by atoms with Gasteiger partial charge in [-0.25, -0.2) is 0 Å². The minimum absolute atomic E-state index is 0.0843. The monoisotopic (exact) mass is 229 g/mol. The molecule has 0 saturated heterocycles. The number of amides is 1. The van der Waals surface area contributed by atoms with Crippen molar-refractivity contribution in [3.63, 3.8) is 0 Å². The summed E-state index contributed by atoms with van der Waals surface area (Å²) in [5, 5.41) is 6.04. The van der Waals surface area contributed by atoms with Crippen molar-refractivity contribution >= 4 is 5.91 Å². The molecule has 4 nitrogen and oxygen atoms in total. The molecule has 0 rings (SSSR count). The Bertz CT molecular complexity index is 185. The summed E-state index contributed by atoms with van der Waals surface area (Å²) in [4.78, 5) is 13.8. The van der Waals surface area contributed by atoms with Gasteiger partial charge < -0.3 is 15.5 Å². The molecule has 0 fully saturated rings. The van der Waals surface area contributed by atoms with Crippen LogP contribution in [0.5, 0.6) is 0 Å². The molecule has 1 amide bonds. The van der Waals surface area contributed by atoms with Crippen LogP contribution in [0.2, 0.25) is 0 Å². The van der Waals surface area contributed by atoms with Crippen molar-refractivity contribution in [3.8, 4) is 0 Å². The highest BCUT2D eigenvalue weighted by Crippen LogP contribution is 1.90. The van der Waals surface area contributed by atoms with Crippen LogP contribution in [0.4, 0.5) is 0 Å². The molecule has 0 saturated carbocycles. The SMILES string of the molecule is CCCN(CC)CCNC(C)C(=O)NCC. The molecule has 1 unspecified atom stereocenters. The van der Waals surface area contributed by atoms with Crippen LogP contribution >= 0.6 is 0 Å². The normalized spacial score (nSPS) is 12.8. The number of nitrogens with zero attached hydrogens (tertiary/aromatic N) is 1. The van der Waals surface area contributed by atoms with Crippen LogP contribution in [0.3, 0.4) is 0 Å². The van der Waals surface area contributed by atoms with Crippen LogP contribution in [-0.2, 0) is 4.79 Å². The lowest BCUT2D eigenvalue weighted by molar-refractivity contribution is -0.122. The molecule has 0 aromatic rings. The number of carbonyl (C=O) groups excluding carboxylic acids is 1. The standard InChI is InChI=1S/C12H27N3O/c1-5-9-15(7-3)10-8-14-11(4)12(16)13-6-2/h11,14H,5-10H2,1-4H3,(H,13,16). The molecule has 4 heteroatoms. The van der Waals surface area contributed by atoms with Gasteiger partial charge in [0, 0.05) is 19.6 Å². The van der Waals surface area contributed by atoms with Crippen LogP contribution < -0.4 is 10.6 Å². The number of rotatable bonds is 9. The van der Waals surface area contributed by atoms with Crippen molar-refractivity contribution in [3.05, 3.63) is 0 Å². The minimum Gasteiger partial charge on any atom is -0.355 e. The maximum Gasteiger partial charge on any atom is 0.236 e. The van der Waals surface area contributed by atoms with Gasteiger partial charge in [0.1, 0.15) is 0 Å². The van der Waals surface area contributed by atoms with Gasteiger partial charge in [0.25, 0.3) is 0 Å². The Hall–Kier alpha value is -0.610. The summed E-state index contributed by atoms with van der Waals surface area (Å²) < 4.78 is 0. The third-order valence-electron chi connectivity index (χ3n) is 2.61. The molecule has 0 aliphatic rings. The Labute approximate surface area is 99.8 Å². The van der Waals surface area contributed by atoms with Crippen LogP contribution in [0.1, 0.15) is 34.1 Å². The molecule has 0 heterocycles. The Morgan fingerprint density at radius 1 is 1.25 bits per heavy atom. The van der Waals surface area contributed by atoms with Gasteiger partial charge >= 0.3 is 0 Å². The fourth-order valence-electron chi connectivity index (χ4n) is 1.60. The van der Waals surface area contributed by atoms with Gasteiger partial charge in [-0.1, -0.05) is 13.8 Å². The Morgan fingerprint density at radius 3 is 2.44 bits per heavy atom. The first-order chi connectivity index (χ1) is 7.65. The van der Waals surface area contributed by atoms with E-state index in [9.17, 15) is 4.79 Å². The Kier molecular flexibility index (Phi) is 9.24. The van der Waals surface area contributed by atoms with E-state index in [0.717, 1.165) is 26.2 Å². The number of hydrogen-bond acceptors (Lipinski definition) is 3. The second-order valence-corrected chi connectivity index (χ2v) is 4.00. The lowest BCUT2D eigenvalue weighted by Gasteiger charge is -2.21. The van der Waals surface area contributed by atoms with E-state index < -0.39 is 0 Å². The van der Waals surface area contributed by atoms with Crippen LogP contribution in [0.15, 0.2) is 0 Å². The Morgan fingerprint density at radius 2 is 1.94 bits per heavy atom. The van der Waals surface area contributed by atoms with Gasteiger partial charge in [-0.05, 0) is 33.4 Å². The number of hydrogen-bond donors (Lipinski definition) is 2. The van der Waals surface area contributed by atoms with Crippen molar-refractivity contribution in [2.24, 2.45) is 0 Å². The summed E-state index contributed by atoms with van der Waals surface area (Å²) in [6, 6.07) is -0.0970. The molecule has 0 radical (unpaired) electrons. The summed E-state index contributed by atoms with van der Waals surface area (Å²) in [5.74, 6) is 0.0843. The van der Waals surface area contributed by atoms with Gasteiger partial charge in [0.05, 0.1) is 6.04 Å². The summed E-state index contributed by atoms with van der Waals surface area (Å²) >= 11 is 0. The van der Waals surface area contributed by atoms with Crippen molar-refractivity contribution in [1.29, 1.82) is 0 Å². The third-order valence-corrected chi connectivity index (χ3v) is 2.61. The average Bonchev–Trinajstić information content (AvgIpc) is 2.28. The predicted molar refractivity (Wildman–Crippen MR) is 68.6 cm³/mol. The van der Waals surface area contributed by atoms with E-state index in [1.165, 1.54) is 6.42 Å².